The number of carbonyl (C=O) groups excluding carboxylic acids is 1. The van der Waals surface area contributed by atoms with E-state index < -0.39 is 5.91 Å². The van der Waals surface area contributed by atoms with Crippen molar-refractivity contribution in [3.8, 4) is 0 Å². The van der Waals surface area contributed by atoms with Gasteiger partial charge in [-0.3, -0.25) is 14.9 Å². The number of aromatic amines is 2. The molecule has 3 aromatic carbocycles. The monoisotopic (exact) mass is 490 g/mol. The first-order valence-electron chi connectivity index (χ1n) is 12.8. The van der Waals surface area contributed by atoms with Crippen molar-refractivity contribution in [2.24, 2.45) is 0 Å². The van der Waals surface area contributed by atoms with Gasteiger partial charge in [-0.15, -0.1) is 0 Å². The lowest BCUT2D eigenvalue weighted by Crippen LogP contribution is -2.29. The molecule has 0 spiro atoms. The van der Waals surface area contributed by atoms with Gasteiger partial charge < -0.3 is 9.97 Å². The summed E-state index contributed by atoms with van der Waals surface area (Å²) in [6.07, 6.45) is 10.3. The summed E-state index contributed by atoms with van der Waals surface area (Å²) < 4.78 is 0. The van der Waals surface area contributed by atoms with Gasteiger partial charge >= 0.3 is 0 Å². The fourth-order valence-corrected chi connectivity index (χ4v) is 5.68. The lowest BCUT2D eigenvalue weighted by atomic mass is 10.0. The van der Waals surface area contributed by atoms with E-state index in [-0.39, 0.29) is 0 Å². The molecule has 0 fully saturated rings. The number of H-pyrrole nitrogens is 2. The van der Waals surface area contributed by atoms with Crippen LogP contribution in [0.15, 0.2) is 85.2 Å². The van der Waals surface area contributed by atoms with E-state index in [9.17, 15) is 4.79 Å². The standard InChI is InChI=1S/C31H30N4O2/c36-31(34-37)12-7-21-6-10-27-24(17-21)9-11-30(27)35(20-22-5-8-23-13-15-32-29(23)18-22)16-14-25-19-33-28-4-2-1-3-26(25)28/h1-8,10,12-13,15,17-19,30,32-33,37H,9,11,14,16,20H2,(H,34,36). The van der Waals surface area contributed by atoms with Crippen LogP contribution in [0.3, 0.4) is 0 Å². The van der Waals surface area contributed by atoms with Crippen molar-refractivity contribution in [1.82, 2.24) is 20.3 Å². The summed E-state index contributed by atoms with van der Waals surface area (Å²) >= 11 is 0. The Balaban J connectivity index is 1.28. The van der Waals surface area contributed by atoms with E-state index in [4.69, 9.17) is 5.21 Å². The first kappa shape index (κ1) is 23.3. The number of benzene rings is 3. The molecule has 0 radical (unpaired) electrons. The van der Waals surface area contributed by atoms with E-state index in [0.29, 0.717) is 6.04 Å². The van der Waals surface area contributed by atoms with Crippen molar-refractivity contribution in [3.05, 3.63) is 113 Å². The van der Waals surface area contributed by atoms with Crippen LogP contribution < -0.4 is 5.48 Å². The number of amides is 1. The molecule has 2 heterocycles. The predicted octanol–water partition coefficient (Wildman–Crippen LogP) is 5.90. The molecule has 1 amide bonds. The van der Waals surface area contributed by atoms with Gasteiger partial charge in [-0.25, -0.2) is 5.48 Å². The van der Waals surface area contributed by atoms with Crippen LogP contribution in [-0.2, 0) is 24.2 Å². The van der Waals surface area contributed by atoms with E-state index >= 15 is 0 Å². The summed E-state index contributed by atoms with van der Waals surface area (Å²) in [4.78, 5) is 20.8. The fourth-order valence-electron chi connectivity index (χ4n) is 5.68. The van der Waals surface area contributed by atoms with Crippen LogP contribution in [0.4, 0.5) is 0 Å². The molecule has 37 heavy (non-hydrogen) atoms. The van der Waals surface area contributed by atoms with Gasteiger partial charge in [-0.2, -0.15) is 0 Å². The molecule has 6 nitrogen and oxygen atoms in total. The van der Waals surface area contributed by atoms with Crippen LogP contribution in [-0.4, -0.2) is 32.5 Å². The smallest absolute Gasteiger partial charge is 0.267 e. The number of rotatable bonds is 8. The Morgan fingerprint density at radius 1 is 1.05 bits per heavy atom. The Kier molecular flexibility index (Phi) is 6.35. The van der Waals surface area contributed by atoms with Gasteiger partial charge in [0.2, 0.25) is 0 Å². The molecule has 1 aliphatic rings. The van der Waals surface area contributed by atoms with E-state index in [2.05, 4.69) is 87.8 Å². The van der Waals surface area contributed by atoms with Gasteiger partial charge in [0.05, 0.1) is 0 Å². The molecule has 1 aliphatic carbocycles. The average molecular weight is 491 g/mol. The molecule has 0 bridgehead atoms. The topological polar surface area (TPSA) is 84.2 Å². The molecule has 186 valence electrons. The van der Waals surface area contributed by atoms with Crippen LogP contribution in [0, 0.1) is 0 Å². The highest BCUT2D eigenvalue weighted by molar-refractivity contribution is 5.90. The second-order valence-corrected chi connectivity index (χ2v) is 9.80. The zero-order chi connectivity index (χ0) is 25.2. The molecule has 1 unspecified atom stereocenters. The van der Waals surface area contributed by atoms with Gasteiger partial charge in [-0.05, 0) is 76.7 Å². The third-order valence-electron chi connectivity index (χ3n) is 7.54. The molecule has 0 saturated heterocycles. The van der Waals surface area contributed by atoms with Crippen molar-refractivity contribution in [3.63, 3.8) is 0 Å². The molecule has 5 aromatic rings. The summed E-state index contributed by atoms with van der Waals surface area (Å²) in [7, 11) is 0. The Bertz CT molecular complexity index is 1600. The second kappa shape index (κ2) is 10.1. The number of para-hydroxylation sites is 1. The fraction of sp³-hybridized carbons (Fsp3) is 0.194. The number of hydroxylamine groups is 1. The van der Waals surface area contributed by atoms with Crippen molar-refractivity contribution in [2.75, 3.05) is 6.54 Å². The number of hydrogen-bond acceptors (Lipinski definition) is 3. The van der Waals surface area contributed by atoms with E-state index in [0.717, 1.165) is 37.9 Å². The lowest BCUT2D eigenvalue weighted by molar-refractivity contribution is -0.124. The third-order valence-corrected chi connectivity index (χ3v) is 7.54. The Morgan fingerprint density at radius 2 is 1.97 bits per heavy atom. The minimum atomic E-state index is -0.527. The summed E-state index contributed by atoms with van der Waals surface area (Å²) in [5, 5.41) is 11.3. The van der Waals surface area contributed by atoms with Gasteiger partial charge in [0.25, 0.3) is 5.91 Å². The van der Waals surface area contributed by atoms with Crippen LogP contribution in [0.25, 0.3) is 27.9 Å². The minimum Gasteiger partial charge on any atom is -0.361 e. The largest absolute Gasteiger partial charge is 0.361 e. The van der Waals surface area contributed by atoms with Crippen LogP contribution in [0.1, 0.15) is 40.3 Å². The summed E-state index contributed by atoms with van der Waals surface area (Å²) in [5.41, 5.74) is 10.3. The first-order chi connectivity index (χ1) is 18.2. The molecule has 2 aromatic heterocycles. The third kappa shape index (κ3) is 4.81. The van der Waals surface area contributed by atoms with Crippen molar-refractivity contribution in [1.29, 1.82) is 0 Å². The number of carbonyl (C=O) groups is 1. The van der Waals surface area contributed by atoms with E-state index in [1.165, 1.54) is 50.1 Å². The maximum atomic E-state index is 11.4. The van der Waals surface area contributed by atoms with Gasteiger partial charge in [0.15, 0.2) is 0 Å². The molecule has 6 heteroatoms. The van der Waals surface area contributed by atoms with E-state index in [1.54, 1.807) is 11.6 Å². The average Bonchev–Trinajstić information content (AvgIpc) is 3.67. The van der Waals surface area contributed by atoms with Gasteiger partial charge in [0.1, 0.15) is 0 Å². The highest BCUT2D eigenvalue weighted by Gasteiger charge is 2.28. The summed E-state index contributed by atoms with van der Waals surface area (Å²) in [5.74, 6) is -0.527. The Hall–Kier alpha value is -4.13. The zero-order valence-electron chi connectivity index (χ0n) is 20.6. The van der Waals surface area contributed by atoms with Gasteiger partial charge in [-0.1, -0.05) is 48.5 Å². The molecule has 0 aliphatic heterocycles. The number of hydrogen-bond donors (Lipinski definition) is 4. The lowest BCUT2D eigenvalue weighted by Gasteiger charge is -2.30. The van der Waals surface area contributed by atoms with Crippen molar-refractivity contribution >= 4 is 33.8 Å². The first-order valence-corrected chi connectivity index (χ1v) is 12.8. The normalized spacial score (nSPS) is 15.2. The number of aromatic nitrogens is 2. The molecule has 0 saturated carbocycles. The predicted molar refractivity (Wildman–Crippen MR) is 147 cm³/mol. The summed E-state index contributed by atoms with van der Waals surface area (Å²) in [6.45, 7) is 1.83. The zero-order valence-corrected chi connectivity index (χ0v) is 20.6. The highest BCUT2D eigenvalue weighted by Crippen LogP contribution is 2.38. The second-order valence-electron chi connectivity index (χ2n) is 9.80. The van der Waals surface area contributed by atoms with Crippen LogP contribution >= 0.6 is 0 Å². The maximum absolute atomic E-state index is 11.4. The van der Waals surface area contributed by atoms with Crippen LogP contribution in [0.2, 0.25) is 0 Å². The van der Waals surface area contributed by atoms with Crippen LogP contribution in [0.5, 0.6) is 0 Å². The van der Waals surface area contributed by atoms with Gasteiger partial charge in [0, 0.05) is 54.0 Å². The Labute approximate surface area is 215 Å². The maximum Gasteiger partial charge on any atom is 0.267 e. The number of nitrogens with zero attached hydrogens (tertiary/aromatic N) is 1. The number of aryl methyl sites for hydroxylation is 1. The molecule has 4 N–H and O–H groups in total. The number of fused-ring (bicyclic) bond motifs is 3. The highest BCUT2D eigenvalue weighted by atomic mass is 16.5. The molecular formula is C31H30N4O2. The van der Waals surface area contributed by atoms with Crippen molar-refractivity contribution in [2.45, 2.75) is 31.8 Å². The SMILES string of the molecule is O=C(C=Cc1ccc2c(c1)CCC2N(CCc1c[nH]c2ccccc12)Cc1ccc2cc[nH]c2c1)NO. The molecule has 6 rings (SSSR count). The quantitative estimate of drug-likeness (QED) is 0.124. The molecule has 1 atom stereocenters. The van der Waals surface area contributed by atoms with Crippen molar-refractivity contribution < 1.29 is 10.0 Å². The Morgan fingerprint density at radius 3 is 2.89 bits per heavy atom. The molecular weight excluding hydrogens is 460 g/mol. The summed E-state index contributed by atoms with van der Waals surface area (Å²) in [6, 6.07) is 24.1. The number of nitrogens with one attached hydrogen (secondary N) is 3. The minimum absolute atomic E-state index is 0.332. The van der Waals surface area contributed by atoms with E-state index in [1.807, 2.05) is 6.20 Å².